The van der Waals surface area contributed by atoms with Crippen LogP contribution in [0.25, 0.3) is 44.4 Å². The molecule has 0 spiro atoms. The molecule has 0 radical (unpaired) electrons. The van der Waals surface area contributed by atoms with Crippen molar-refractivity contribution in [1.29, 1.82) is 0 Å². The average Bonchev–Trinajstić information content (AvgIpc) is 1.63. The van der Waals surface area contributed by atoms with E-state index in [2.05, 4.69) is 78.6 Å². The van der Waals surface area contributed by atoms with Gasteiger partial charge >= 0.3 is 0 Å². The van der Waals surface area contributed by atoms with Crippen LogP contribution in [0.2, 0.25) is 0 Å². The quantitative estimate of drug-likeness (QED) is 0.0883. The van der Waals surface area contributed by atoms with E-state index in [1.54, 1.807) is 49.7 Å². The van der Waals surface area contributed by atoms with Crippen molar-refractivity contribution in [2.45, 2.75) is 335 Å². The lowest BCUT2D eigenvalue weighted by Crippen LogP contribution is -2.51. The normalized spacial score (nSPS) is 43.2. The van der Waals surface area contributed by atoms with Crippen LogP contribution in [-0.4, -0.2) is 136 Å². The number of carbonyl (C=O) groups excluding carboxylic acids is 4. The molecule has 0 aliphatic heterocycles. The summed E-state index contributed by atoms with van der Waals surface area (Å²) in [6, 6.07) is 15.9. The number of ketones is 4. The Balaban J connectivity index is 0.000000104. The third kappa shape index (κ3) is 16.2. The molecule has 16 aliphatic rings. The Hall–Kier alpha value is -7.21. The molecule has 0 bridgehead atoms. The van der Waals surface area contributed by atoms with Gasteiger partial charge in [0.1, 0.15) is 42.0 Å². The number of hydrogen-bond acceptors (Lipinski definition) is 18. The second-order valence-electron chi connectivity index (χ2n) is 48.1. The smallest absolute Gasteiger partial charge is 0.201 e. The Labute approximate surface area is 761 Å². The van der Waals surface area contributed by atoms with Crippen molar-refractivity contribution in [3.05, 3.63) is 85.2 Å². The predicted octanol–water partition coefficient (Wildman–Crippen LogP) is 19.0. The first-order valence-electron chi connectivity index (χ1n) is 51.4. The number of benzene rings is 1. The van der Waals surface area contributed by atoms with Crippen molar-refractivity contribution in [1.82, 2.24) is 69.7 Å². The molecule has 24 rings (SSSR count). The van der Waals surface area contributed by atoms with Crippen molar-refractivity contribution < 1.29 is 44.0 Å². The zero-order valence-corrected chi connectivity index (χ0v) is 78.2. The maximum atomic E-state index is 13.6. The first-order valence-corrected chi connectivity index (χ1v) is 51.4. The molecule has 16 saturated carbocycles. The second kappa shape index (κ2) is 33.7. The van der Waals surface area contributed by atoms with E-state index in [1.165, 1.54) is 160 Å². The van der Waals surface area contributed by atoms with Crippen LogP contribution in [0.5, 0.6) is 0 Å². The molecule has 23 heteroatoms. The highest BCUT2D eigenvalue weighted by molar-refractivity contribution is 5.86. The highest BCUT2D eigenvalue weighted by Crippen LogP contribution is 2.70. The van der Waals surface area contributed by atoms with Gasteiger partial charge in [0.25, 0.3) is 0 Å². The SMILES string of the molecule is C[C@@]1(O)CC[C@H]2[C@H](CC[C@@H]3[C@@H]2CC[C@]2(C)[C@@H](C(=O)Cn4cc5cc(F)ccc5n4)CC[C@@H]32)C1.C[C@@]1(O)CC[C@H]2[C@H](CC[C@@H]3[C@@H]2CC[C@]2(C)[C@@H](C(=O)Cn4nc5cccnc5n4)CC[C@@H]32)C1.C[C@@]1(O)CC[C@H]2[C@H](CC[C@@H]3[C@@H]2CC[C@]2(C)[C@@H](C(=O)Cn4nnc5cccnc54)CC[C@@H]32)C1.C[C@@]1(O)CC[C@H]2[C@H](CC[C@@H]3[C@@H]2CC[C@]2(C)[C@@H](C(=O)Cn4nnc5ncccc54)CC[C@@H]32)C1. The fraction of sp³-hybridized carbons (Fsp3) is 0.755. The Bertz CT molecular complexity index is 5290. The van der Waals surface area contributed by atoms with Gasteiger partial charge < -0.3 is 20.4 Å². The van der Waals surface area contributed by atoms with Gasteiger partial charge in [0.05, 0.1) is 34.5 Å². The molecule has 4 N–H and O–H groups in total. The molecule has 7 aromatic heterocycles. The Morgan fingerprint density at radius 1 is 0.357 bits per heavy atom. The fourth-order valence-electron chi connectivity index (χ4n) is 35.3. The number of carbonyl (C=O) groups is 4. The third-order valence-corrected chi connectivity index (χ3v) is 41.0. The van der Waals surface area contributed by atoms with Gasteiger partial charge in [-0.2, -0.15) is 15.0 Å². The average molecular weight is 1760 g/mol. The molecule has 0 saturated heterocycles. The Morgan fingerprint density at radius 2 is 0.736 bits per heavy atom. The van der Waals surface area contributed by atoms with Crippen molar-refractivity contribution in [2.24, 2.45) is 164 Å². The van der Waals surface area contributed by atoms with Crippen molar-refractivity contribution in [3.8, 4) is 0 Å². The van der Waals surface area contributed by atoms with E-state index < -0.39 is 22.4 Å². The highest BCUT2D eigenvalue weighted by atomic mass is 19.1. The zero-order chi connectivity index (χ0) is 89.2. The molecule has 0 unspecified atom stereocenters. The minimum Gasteiger partial charge on any atom is -0.390 e. The number of pyridine rings is 3. The fourth-order valence-corrected chi connectivity index (χ4v) is 35.3. The van der Waals surface area contributed by atoms with Crippen LogP contribution in [0.15, 0.2) is 79.4 Å². The number of nitrogens with zero attached hydrogens (tertiary/aromatic N) is 14. The third-order valence-electron chi connectivity index (χ3n) is 41.0. The maximum Gasteiger partial charge on any atom is 0.201 e. The molecule has 22 nitrogen and oxygen atoms in total. The first kappa shape index (κ1) is 88.4. The predicted molar refractivity (Wildman–Crippen MR) is 491 cm³/mol. The highest BCUT2D eigenvalue weighted by Gasteiger charge is 2.64. The van der Waals surface area contributed by atoms with E-state index in [0.29, 0.717) is 94.0 Å². The summed E-state index contributed by atoms with van der Waals surface area (Å²) in [7, 11) is 0. The largest absolute Gasteiger partial charge is 0.390 e. The second-order valence-corrected chi connectivity index (χ2v) is 48.1. The van der Waals surface area contributed by atoms with Crippen LogP contribution >= 0.6 is 0 Å². The molecule has 16 aliphatic carbocycles. The number of halogens is 1. The summed E-state index contributed by atoms with van der Waals surface area (Å²) in [6.45, 7) is 18.9. The first-order chi connectivity index (χ1) is 61.8. The Kier molecular flexibility index (Phi) is 23.1. The van der Waals surface area contributed by atoms with Crippen LogP contribution in [-0.2, 0) is 45.4 Å². The lowest BCUT2D eigenvalue weighted by atomic mass is 9.49. The number of hydrogen-bond donors (Lipinski definition) is 4. The topological polar surface area (TPSA) is 298 Å². The lowest BCUT2D eigenvalue weighted by Gasteiger charge is -2.56. The summed E-state index contributed by atoms with van der Waals surface area (Å²) in [6.07, 6.45) is 48.2. The number of fused-ring (bicyclic) bond motifs is 24. The summed E-state index contributed by atoms with van der Waals surface area (Å²) in [5, 5.41) is 73.4. The van der Waals surface area contributed by atoms with E-state index in [-0.39, 0.29) is 70.8 Å². The van der Waals surface area contributed by atoms with E-state index in [1.807, 2.05) is 64.1 Å². The van der Waals surface area contributed by atoms with Gasteiger partial charge in [-0.25, -0.2) is 28.7 Å². The van der Waals surface area contributed by atoms with Crippen molar-refractivity contribution in [3.63, 3.8) is 0 Å². The molecule has 16 fully saturated rings. The molecule has 7 heterocycles. The monoisotopic (exact) mass is 1760 g/mol. The molecule has 129 heavy (non-hydrogen) atoms. The number of aromatic nitrogens is 14. The summed E-state index contributed by atoms with van der Waals surface area (Å²) < 4.78 is 18.7. The van der Waals surface area contributed by atoms with Crippen LogP contribution in [0.1, 0.15) is 287 Å². The zero-order valence-electron chi connectivity index (χ0n) is 78.2. The molecule has 1 aromatic carbocycles. The van der Waals surface area contributed by atoms with Crippen LogP contribution < -0.4 is 0 Å². The standard InChI is InChI=1S/C28H37FN2O2.3C26H36N4O2/c1-27(33)11-9-20-17(14-27)3-5-22-21(20)10-12-28(2)23(22)6-7-24(28)26(32)16-31-15-18-13-19(29)4-8-25(18)30-31;1-25(32)11-9-17-16(14-25)5-6-19-18(17)10-12-26(2)20(19)7-8-21(26)23(31)15-30-22-4-3-13-27-24(22)28-29-30;1-25(32)11-9-17-16(14-25)5-6-19-18(17)10-12-26(2)20(19)7-8-21(26)23(31)15-30-24-22(28-29-30)4-3-13-27-24;1-25(32)11-9-17-16(14-25)5-6-19-18(17)10-12-26(2)20(19)7-8-21(26)23(31)15-30-28-22-4-3-13-27-24(22)29-30/h4,8,13,15,17,20-24,33H,3,5-7,9-12,14,16H2,1-2H3;3*3-4,13,16-21,32H,5-12,14-15H2,1-2H3/t17-,20+,21-,22-,23+,24-,27-,28+;3*16-,17+,18-,19-,20+,21-,25-,26+/m1111/s1. The van der Waals surface area contributed by atoms with Gasteiger partial charge in [0.2, 0.25) is 11.3 Å². The van der Waals surface area contributed by atoms with Gasteiger partial charge in [-0.15, -0.1) is 15.3 Å². The van der Waals surface area contributed by atoms with Gasteiger partial charge in [-0.05, 0) is 453 Å². The van der Waals surface area contributed by atoms with Gasteiger partial charge in [-0.3, -0.25) is 23.9 Å². The van der Waals surface area contributed by atoms with Crippen LogP contribution in [0.3, 0.4) is 0 Å². The Morgan fingerprint density at radius 3 is 1.18 bits per heavy atom. The van der Waals surface area contributed by atoms with Crippen LogP contribution in [0, 0.1) is 170 Å². The van der Waals surface area contributed by atoms with Crippen molar-refractivity contribution in [2.75, 3.05) is 0 Å². The van der Waals surface area contributed by atoms with Crippen molar-refractivity contribution >= 4 is 67.5 Å². The van der Waals surface area contributed by atoms with E-state index in [4.69, 9.17) is 0 Å². The minimum atomic E-state index is -0.467. The summed E-state index contributed by atoms with van der Waals surface area (Å²) in [5.41, 5.74) is 3.64. The van der Waals surface area contributed by atoms with E-state index in [0.717, 1.165) is 182 Å². The van der Waals surface area contributed by atoms with Gasteiger partial charge in [-0.1, -0.05) is 38.1 Å². The summed E-state index contributed by atoms with van der Waals surface area (Å²) in [4.78, 5) is 68.5. The molecule has 8 aromatic rings. The van der Waals surface area contributed by atoms with E-state index >= 15 is 0 Å². The van der Waals surface area contributed by atoms with Crippen LogP contribution in [0.4, 0.5) is 4.39 Å². The molecule has 694 valence electrons. The number of aliphatic hydroxyl groups is 4. The molecule has 0 amide bonds. The van der Waals surface area contributed by atoms with E-state index in [9.17, 15) is 44.0 Å². The van der Waals surface area contributed by atoms with Gasteiger partial charge in [0, 0.05) is 53.8 Å². The number of Topliss-reactive ketones (excluding diaryl/α,β-unsaturated/α-hetero) is 4. The molecular formula is C106H145FN14O8. The maximum absolute atomic E-state index is 13.6. The summed E-state index contributed by atoms with van der Waals surface area (Å²) >= 11 is 0. The lowest BCUT2D eigenvalue weighted by molar-refractivity contribution is -0.133. The molecule has 32 atom stereocenters. The summed E-state index contributed by atoms with van der Waals surface area (Å²) in [5.74, 6) is 16.4. The molecular weight excluding hydrogens is 1620 g/mol. The number of rotatable bonds is 12. The minimum absolute atomic E-state index is 0.101. The van der Waals surface area contributed by atoms with Gasteiger partial charge in [0.15, 0.2) is 28.8 Å².